The summed E-state index contributed by atoms with van der Waals surface area (Å²) in [6.45, 7) is 5.45. The average molecular weight is 530 g/mol. The number of carbonyl (C=O) groups is 2. The molecule has 6 rings (SSSR count). The van der Waals surface area contributed by atoms with Gasteiger partial charge in [-0.1, -0.05) is 23.8 Å². The number of nitrogens with one attached hydrogen (secondary N) is 1. The van der Waals surface area contributed by atoms with E-state index in [9.17, 15) is 14.0 Å². The quantitative estimate of drug-likeness (QED) is 0.376. The van der Waals surface area contributed by atoms with Gasteiger partial charge < -0.3 is 19.7 Å². The number of rotatable bonds is 5. The highest BCUT2D eigenvalue weighted by molar-refractivity contribution is 6.01. The molecule has 2 aliphatic rings. The molecule has 0 aliphatic carbocycles. The number of amides is 1. The number of hydrogen-bond acceptors (Lipinski definition) is 7. The summed E-state index contributed by atoms with van der Waals surface area (Å²) >= 11 is 0. The van der Waals surface area contributed by atoms with Gasteiger partial charge in [-0.2, -0.15) is 9.61 Å². The molecule has 1 spiro atoms. The monoisotopic (exact) mass is 529 g/mol. The number of benzene rings is 2. The van der Waals surface area contributed by atoms with E-state index in [-0.39, 0.29) is 29.3 Å². The van der Waals surface area contributed by atoms with Crippen LogP contribution >= 0.6 is 0 Å². The lowest BCUT2D eigenvalue weighted by Crippen LogP contribution is -2.46. The van der Waals surface area contributed by atoms with E-state index < -0.39 is 5.97 Å². The second kappa shape index (κ2) is 9.68. The standard InChI is InChI=1S/C29H28FN5O4/c1-3-38-28(37)22-16-32-35-25(22)31-15-21(26(35)33-20-7-4-18(2)5-8-20)27(36)34-12-10-29(11-13-34)17-39-24-14-19(30)6-9-23(24)29/h4-9,14-16,33H,3,10-13,17H2,1-2H3. The van der Waals surface area contributed by atoms with E-state index in [0.29, 0.717) is 55.3 Å². The highest BCUT2D eigenvalue weighted by Crippen LogP contribution is 2.46. The van der Waals surface area contributed by atoms with Gasteiger partial charge in [-0.25, -0.2) is 14.2 Å². The Balaban J connectivity index is 1.32. The van der Waals surface area contributed by atoms with Gasteiger partial charge in [0.05, 0.1) is 19.4 Å². The Morgan fingerprint density at radius 2 is 1.87 bits per heavy atom. The highest BCUT2D eigenvalue weighted by Gasteiger charge is 2.44. The van der Waals surface area contributed by atoms with Crippen LogP contribution in [0.3, 0.4) is 0 Å². The summed E-state index contributed by atoms with van der Waals surface area (Å²) in [5.74, 6) is -0.0413. The van der Waals surface area contributed by atoms with Crippen molar-refractivity contribution in [3.05, 3.63) is 82.9 Å². The fourth-order valence-electron chi connectivity index (χ4n) is 5.40. The summed E-state index contributed by atoms with van der Waals surface area (Å²) in [7, 11) is 0. The van der Waals surface area contributed by atoms with Crippen molar-refractivity contribution < 1.29 is 23.5 Å². The van der Waals surface area contributed by atoms with Crippen molar-refractivity contribution in [2.45, 2.75) is 32.1 Å². The average Bonchev–Trinajstić information content (AvgIpc) is 3.52. The lowest BCUT2D eigenvalue weighted by atomic mass is 9.74. The SMILES string of the molecule is CCOC(=O)c1cnn2c(Nc3ccc(C)cc3)c(C(=O)N3CCC4(CC3)COc3cc(F)ccc34)cnc12. The third-order valence-electron chi connectivity index (χ3n) is 7.59. The molecule has 0 saturated carbocycles. The molecule has 2 aliphatic heterocycles. The van der Waals surface area contributed by atoms with Crippen molar-refractivity contribution in [1.29, 1.82) is 0 Å². The van der Waals surface area contributed by atoms with Crippen molar-refractivity contribution in [2.24, 2.45) is 0 Å². The van der Waals surface area contributed by atoms with Crippen molar-refractivity contribution >= 4 is 29.0 Å². The number of likely N-dealkylation sites (tertiary alicyclic amines) is 1. The molecule has 4 aromatic rings. The van der Waals surface area contributed by atoms with Crippen molar-refractivity contribution in [1.82, 2.24) is 19.5 Å². The smallest absolute Gasteiger partial charge is 0.343 e. The largest absolute Gasteiger partial charge is 0.492 e. The van der Waals surface area contributed by atoms with Crippen LogP contribution in [0.1, 0.15) is 51.6 Å². The van der Waals surface area contributed by atoms with Crippen LogP contribution in [0.5, 0.6) is 5.75 Å². The molecular formula is C29H28FN5O4. The molecule has 2 aromatic carbocycles. The van der Waals surface area contributed by atoms with Gasteiger partial charge in [0.1, 0.15) is 28.5 Å². The number of hydrogen-bond donors (Lipinski definition) is 1. The van der Waals surface area contributed by atoms with E-state index in [1.165, 1.54) is 29.0 Å². The number of esters is 1. The zero-order valence-corrected chi connectivity index (χ0v) is 21.7. The molecule has 4 heterocycles. The predicted molar refractivity (Wildman–Crippen MR) is 142 cm³/mol. The maximum absolute atomic E-state index is 13.9. The number of ether oxygens (including phenoxy) is 2. The van der Waals surface area contributed by atoms with Gasteiger partial charge in [-0.15, -0.1) is 0 Å². The molecular weight excluding hydrogens is 501 g/mol. The van der Waals surface area contributed by atoms with Crippen molar-refractivity contribution in [3.63, 3.8) is 0 Å². The number of anilines is 2. The number of aryl methyl sites for hydroxylation is 1. The molecule has 1 fully saturated rings. The highest BCUT2D eigenvalue weighted by atomic mass is 19.1. The first-order chi connectivity index (χ1) is 18.9. The number of aromatic nitrogens is 3. The first-order valence-electron chi connectivity index (χ1n) is 13.0. The Kier molecular flexibility index (Phi) is 6.17. The molecule has 200 valence electrons. The summed E-state index contributed by atoms with van der Waals surface area (Å²) in [5.41, 5.74) is 3.49. The van der Waals surface area contributed by atoms with Gasteiger partial charge >= 0.3 is 5.97 Å². The minimum Gasteiger partial charge on any atom is -0.492 e. The Bertz CT molecular complexity index is 1570. The van der Waals surface area contributed by atoms with Crippen LogP contribution < -0.4 is 10.1 Å². The Hall–Kier alpha value is -4.47. The first kappa shape index (κ1) is 24.8. The minimum atomic E-state index is -0.527. The summed E-state index contributed by atoms with van der Waals surface area (Å²) in [6.07, 6.45) is 4.28. The molecule has 10 heteroatoms. The molecule has 1 N–H and O–H groups in total. The Morgan fingerprint density at radius 1 is 1.10 bits per heavy atom. The van der Waals surface area contributed by atoms with Gasteiger partial charge in [-0.05, 0) is 44.9 Å². The van der Waals surface area contributed by atoms with Crippen LogP contribution in [-0.4, -0.2) is 57.7 Å². The molecule has 0 bridgehead atoms. The number of halogens is 1. The van der Waals surface area contributed by atoms with Crippen LogP contribution in [0.4, 0.5) is 15.9 Å². The van der Waals surface area contributed by atoms with Crippen LogP contribution in [0, 0.1) is 12.7 Å². The Morgan fingerprint density at radius 3 is 2.62 bits per heavy atom. The summed E-state index contributed by atoms with van der Waals surface area (Å²) in [4.78, 5) is 32.6. The fourth-order valence-corrected chi connectivity index (χ4v) is 5.40. The van der Waals surface area contributed by atoms with Crippen LogP contribution in [-0.2, 0) is 10.2 Å². The Labute approximate surface area is 224 Å². The number of nitrogens with zero attached hydrogens (tertiary/aromatic N) is 4. The fraction of sp³-hybridized carbons (Fsp3) is 0.310. The lowest BCUT2D eigenvalue weighted by Gasteiger charge is -2.38. The zero-order chi connectivity index (χ0) is 27.1. The van der Waals surface area contributed by atoms with Crippen LogP contribution in [0.2, 0.25) is 0 Å². The normalized spacial score (nSPS) is 15.7. The van der Waals surface area contributed by atoms with Crippen LogP contribution in [0.15, 0.2) is 54.9 Å². The van der Waals surface area contributed by atoms with E-state index in [0.717, 1.165) is 16.8 Å². The number of carbonyl (C=O) groups excluding carboxylic acids is 2. The summed E-state index contributed by atoms with van der Waals surface area (Å²) < 4.78 is 26.2. The minimum absolute atomic E-state index is 0.194. The maximum Gasteiger partial charge on any atom is 0.343 e. The van der Waals surface area contributed by atoms with Gasteiger partial charge in [0.15, 0.2) is 5.65 Å². The van der Waals surface area contributed by atoms with Crippen molar-refractivity contribution in [2.75, 3.05) is 31.6 Å². The molecule has 9 nitrogen and oxygen atoms in total. The van der Waals surface area contributed by atoms with Gasteiger partial charge in [-0.3, -0.25) is 4.79 Å². The second-order valence-corrected chi connectivity index (χ2v) is 10.0. The van der Waals surface area contributed by atoms with E-state index in [4.69, 9.17) is 9.47 Å². The molecule has 0 atom stereocenters. The molecule has 2 aromatic heterocycles. The van der Waals surface area contributed by atoms with Gasteiger partial charge in [0.25, 0.3) is 5.91 Å². The van der Waals surface area contributed by atoms with E-state index in [1.807, 2.05) is 31.2 Å². The van der Waals surface area contributed by atoms with E-state index in [2.05, 4.69) is 15.4 Å². The van der Waals surface area contributed by atoms with Gasteiger partial charge in [0.2, 0.25) is 0 Å². The number of fused-ring (bicyclic) bond motifs is 3. The van der Waals surface area contributed by atoms with Crippen LogP contribution in [0.25, 0.3) is 5.65 Å². The second-order valence-electron chi connectivity index (χ2n) is 10.0. The zero-order valence-electron chi connectivity index (χ0n) is 21.7. The predicted octanol–water partition coefficient (Wildman–Crippen LogP) is 4.66. The molecule has 1 amide bonds. The topological polar surface area (TPSA) is 98.1 Å². The molecule has 0 unspecified atom stereocenters. The van der Waals surface area contributed by atoms with Crippen molar-refractivity contribution in [3.8, 4) is 5.75 Å². The van der Waals surface area contributed by atoms with Gasteiger partial charge in [0, 0.05) is 42.0 Å². The van der Waals surface area contributed by atoms with E-state index in [1.54, 1.807) is 17.9 Å². The molecule has 1 saturated heterocycles. The van der Waals surface area contributed by atoms with E-state index >= 15 is 0 Å². The summed E-state index contributed by atoms with van der Waals surface area (Å²) in [6, 6.07) is 12.5. The lowest BCUT2D eigenvalue weighted by molar-refractivity contribution is 0.0528. The molecule has 0 radical (unpaired) electrons. The third-order valence-corrected chi connectivity index (χ3v) is 7.59. The third kappa shape index (κ3) is 4.35. The summed E-state index contributed by atoms with van der Waals surface area (Å²) in [5, 5.41) is 7.71. The number of piperidine rings is 1. The molecule has 39 heavy (non-hydrogen) atoms. The maximum atomic E-state index is 13.9. The first-order valence-corrected chi connectivity index (χ1v) is 13.0.